The predicted molar refractivity (Wildman–Crippen MR) is 83.3 cm³/mol. The topological polar surface area (TPSA) is 4.93 Å². The molecule has 19 heavy (non-hydrogen) atoms. The molecule has 2 rings (SSSR count). The molecule has 102 valence electrons. The van der Waals surface area contributed by atoms with Gasteiger partial charge in [-0.1, -0.05) is 62.9 Å². The Hall–Kier alpha value is -1.50. The summed E-state index contributed by atoms with van der Waals surface area (Å²) in [7, 11) is 2.18. The van der Waals surface area contributed by atoms with Gasteiger partial charge in [-0.25, -0.2) is 0 Å². The number of rotatable bonds is 7. The lowest BCUT2D eigenvalue weighted by atomic mass is 10.1. The number of nitrogens with zero attached hydrogens (tertiary/aromatic N) is 1. The van der Waals surface area contributed by atoms with Gasteiger partial charge in [0.05, 0.1) is 0 Å². The molecule has 0 unspecified atom stereocenters. The molecule has 1 nitrogen and oxygen atoms in total. The van der Waals surface area contributed by atoms with Gasteiger partial charge in [0.1, 0.15) is 0 Å². The summed E-state index contributed by atoms with van der Waals surface area (Å²) in [6, 6.07) is 15.2. The molecular formula is C18H25N. The van der Waals surface area contributed by atoms with E-state index in [0.717, 1.165) is 0 Å². The average molecular weight is 255 g/mol. The Bertz CT molecular complexity index is 482. The third kappa shape index (κ3) is 3.73. The van der Waals surface area contributed by atoms with Crippen LogP contribution >= 0.6 is 0 Å². The predicted octanol–water partition coefficient (Wildman–Crippen LogP) is 5.21. The van der Waals surface area contributed by atoms with Crippen LogP contribution in [-0.2, 0) is 13.5 Å². The fourth-order valence-electron chi connectivity index (χ4n) is 2.61. The molecular weight excluding hydrogens is 230 g/mol. The fraction of sp³-hybridized carbons (Fsp3) is 0.444. The van der Waals surface area contributed by atoms with Gasteiger partial charge in [0.2, 0.25) is 0 Å². The number of hydrogen-bond donors (Lipinski definition) is 0. The molecule has 1 aromatic heterocycles. The molecule has 0 fully saturated rings. The van der Waals surface area contributed by atoms with Crippen LogP contribution in [0.5, 0.6) is 0 Å². The van der Waals surface area contributed by atoms with Gasteiger partial charge in [-0.05, 0) is 30.5 Å². The summed E-state index contributed by atoms with van der Waals surface area (Å²) < 4.78 is 2.34. The molecule has 0 aliphatic heterocycles. The van der Waals surface area contributed by atoms with Crippen LogP contribution < -0.4 is 0 Å². The minimum absolute atomic E-state index is 1.20. The number of aromatic nitrogens is 1. The molecule has 0 saturated carbocycles. The minimum atomic E-state index is 1.20. The van der Waals surface area contributed by atoms with Crippen molar-refractivity contribution in [2.45, 2.75) is 45.4 Å². The average Bonchev–Trinajstić information content (AvgIpc) is 2.81. The highest BCUT2D eigenvalue weighted by molar-refractivity contribution is 5.60. The van der Waals surface area contributed by atoms with E-state index in [1.165, 1.54) is 55.5 Å². The van der Waals surface area contributed by atoms with Gasteiger partial charge >= 0.3 is 0 Å². The Balaban J connectivity index is 1.95. The molecule has 1 heterocycles. The van der Waals surface area contributed by atoms with Gasteiger partial charge in [-0.15, -0.1) is 0 Å². The van der Waals surface area contributed by atoms with E-state index < -0.39 is 0 Å². The van der Waals surface area contributed by atoms with E-state index in [0.29, 0.717) is 0 Å². The van der Waals surface area contributed by atoms with Gasteiger partial charge in [0.15, 0.2) is 0 Å². The van der Waals surface area contributed by atoms with Crippen molar-refractivity contribution < 1.29 is 0 Å². The molecule has 0 atom stereocenters. The highest BCUT2D eigenvalue weighted by Gasteiger charge is 2.05. The Morgan fingerprint density at radius 3 is 2.32 bits per heavy atom. The van der Waals surface area contributed by atoms with Crippen LogP contribution in [0, 0.1) is 0 Å². The van der Waals surface area contributed by atoms with E-state index in [2.05, 4.69) is 61.0 Å². The van der Waals surface area contributed by atoms with Crippen molar-refractivity contribution >= 4 is 0 Å². The lowest BCUT2D eigenvalue weighted by Gasteiger charge is -2.08. The number of aryl methyl sites for hydroxylation is 1. The first-order valence-electron chi connectivity index (χ1n) is 7.53. The molecule has 0 bridgehead atoms. The van der Waals surface area contributed by atoms with Gasteiger partial charge in [-0.3, -0.25) is 0 Å². The van der Waals surface area contributed by atoms with Crippen LogP contribution in [0.25, 0.3) is 11.3 Å². The largest absolute Gasteiger partial charge is 0.348 e. The van der Waals surface area contributed by atoms with E-state index in [9.17, 15) is 0 Å². The maximum absolute atomic E-state index is 2.34. The molecule has 0 aliphatic rings. The zero-order valence-corrected chi connectivity index (χ0v) is 12.2. The molecule has 2 aromatic rings. The van der Waals surface area contributed by atoms with Crippen molar-refractivity contribution in [1.29, 1.82) is 0 Å². The molecule has 0 aliphatic carbocycles. The fourth-order valence-corrected chi connectivity index (χ4v) is 2.61. The molecule has 0 N–H and O–H groups in total. The van der Waals surface area contributed by atoms with Crippen molar-refractivity contribution in [1.82, 2.24) is 4.57 Å². The van der Waals surface area contributed by atoms with E-state index >= 15 is 0 Å². The third-order valence-electron chi connectivity index (χ3n) is 3.83. The molecule has 0 saturated heterocycles. The second-order valence-corrected chi connectivity index (χ2v) is 5.30. The van der Waals surface area contributed by atoms with E-state index in [-0.39, 0.29) is 0 Å². The van der Waals surface area contributed by atoms with Crippen LogP contribution in [0.15, 0.2) is 42.5 Å². The summed E-state index contributed by atoms with van der Waals surface area (Å²) in [5.74, 6) is 0. The second kappa shape index (κ2) is 7.18. The zero-order chi connectivity index (χ0) is 13.5. The first-order valence-corrected chi connectivity index (χ1v) is 7.53. The third-order valence-corrected chi connectivity index (χ3v) is 3.83. The van der Waals surface area contributed by atoms with E-state index in [1.807, 2.05) is 0 Å². The van der Waals surface area contributed by atoms with Crippen LogP contribution in [0.2, 0.25) is 0 Å². The molecule has 1 heteroatoms. The Kier molecular flexibility index (Phi) is 5.26. The van der Waals surface area contributed by atoms with Crippen molar-refractivity contribution in [3.05, 3.63) is 48.2 Å². The summed E-state index contributed by atoms with van der Waals surface area (Å²) in [6.45, 7) is 2.27. The monoisotopic (exact) mass is 255 g/mol. The Morgan fingerprint density at radius 2 is 1.58 bits per heavy atom. The molecule has 1 aromatic carbocycles. The summed E-state index contributed by atoms with van der Waals surface area (Å²) in [6.07, 6.45) is 7.95. The highest BCUT2D eigenvalue weighted by atomic mass is 15.0. The van der Waals surface area contributed by atoms with Crippen molar-refractivity contribution in [2.24, 2.45) is 7.05 Å². The van der Waals surface area contributed by atoms with Gasteiger partial charge in [0, 0.05) is 18.4 Å². The van der Waals surface area contributed by atoms with Crippen LogP contribution in [0.4, 0.5) is 0 Å². The van der Waals surface area contributed by atoms with Crippen molar-refractivity contribution in [3.8, 4) is 11.3 Å². The maximum atomic E-state index is 2.34. The van der Waals surface area contributed by atoms with Gasteiger partial charge < -0.3 is 4.57 Å². The normalized spacial score (nSPS) is 10.8. The first kappa shape index (κ1) is 13.9. The van der Waals surface area contributed by atoms with E-state index in [1.54, 1.807) is 0 Å². The quantitative estimate of drug-likeness (QED) is 0.599. The molecule has 0 radical (unpaired) electrons. The van der Waals surface area contributed by atoms with Crippen molar-refractivity contribution in [3.63, 3.8) is 0 Å². The summed E-state index contributed by atoms with van der Waals surface area (Å²) in [5.41, 5.74) is 4.08. The van der Waals surface area contributed by atoms with Gasteiger partial charge in [0.25, 0.3) is 0 Å². The molecule has 0 amide bonds. The maximum Gasteiger partial charge on any atom is 0.0479 e. The highest BCUT2D eigenvalue weighted by Crippen LogP contribution is 2.22. The van der Waals surface area contributed by atoms with Crippen LogP contribution in [0.1, 0.15) is 44.7 Å². The van der Waals surface area contributed by atoms with Gasteiger partial charge in [-0.2, -0.15) is 0 Å². The summed E-state index contributed by atoms with van der Waals surface area (Å²) in [5, 5.41) is 0. The lowest BCUT2D eigenvalue weighted by Crippen LogP contribution is -1.98. The zero-order valence-electron chi connectivity index (χ0n) is 12.2. The lowest BCUT2D eigenvalue weighted by molar-refractivity contribution is 0.621. The summed E-state index contributed by atoms with van der Waals surface area (Å²) >= 11 is 0. The SMILES string of the molecule is CCCCCCCc1ccc(-c2ccccc2)n1C. The number of benzene rings is 1. The summed E-state index contributed by atoms with van der Waals surface area (Å²) in [4.78, 5) is 0. The minimum Gasteiger partial charge on any atom is -0.348 e. The van der Waals surface area contributed by atoms with Crippen molar-refractivity contribution in [2.75, 3.05) is 0 Å². The number of unbranched alkanes of at least 4 members (excludes halogenated alkanes) is 4. The Morgan fingerprint density at radius 1 is 0.842 bits per heavy atom. The Labute approximate surface area is 117 Å². The van der Waals surface area contributed by atoms with Crippen LogP contribution in [0.3, 0.4) is 0 Å². The smallest absolute Gasteiger partial charge is 0.0479 e. The first-order chi connectivity index (χ1) is 9.33. The van der Waals surface area contributed by atoms with Crippen LogP contribution in [-0.4, -0.2) is 4.57 Å². The van der Waals surface area contributed by atoms with E-state index in [4.69, 9.17) is 0 Å². The molecule has 0 spiro atoms. The number of hydrogen-bond acceptors (Lipinski definition) is 0. The second-order valence-electron chi connectivity index (χ2n) is 5.30. The standard InChI is InChI=1S/C18H25N/c1-3-4-5-6-10-13-17-14-15-18(19(17)2)16-11-8-7-9-12-16/h7-9,11-12,14-15H,3-6,10,13H2,1-2H3.